The van der Waals surface area contributed by atoms with Gasteiger partial charge in [0.15, 0.2) is 5.82 Å². The van der Waals surface area contributed by atoms with E-state index in [1.165, 1.54) is 6.07 Å². The molecule has 0 radical (unpaired) electrons. The highest BCUT2D eigenvalue weighted by molar-refractivity contribution is 6.76. The lowest BCUT2D eigenvalue weighted by atomic mass is 9.75. The highest BCUT2D eigenvalue weighted by Crippen LogP contribution is 2.44. The molecule has 0 atom stereocenters. The van der Waals surface area contributed by atoms with E-state index in [9.17, 15) is 23.5 Å². The molecule has 1 saturated carbocycles. The molecule has 4 aromatic heterocycles. The van der Waals surface area contributed by atoms with Crippen LogP contribution in [0.2, 0.25) is 25.7 Å². The summed E-state index contributed by atoms with van der Waals surface area (Å²) in [5, 5.41) is 28.3. The van der Waals surface area contributed by atoms with Crippen molar-refractivity contribution in [2.75, 3.05) is 29.9 Å². The molecular formula is C33H42F3N9O2Si. The molecule has 0 amide bonds. The highest BCUT2D eigenvalue weighted by Gasteiger charge is 2.41. The maximum atomic E-state index is 13.4. The van der Waals surface area contributed by atoms with Crippen molar-refractivity contribution in [1.82, 2.24) is 29.3 Å². The van der Waals surface area contributed by atoms with Gasteiger partial charge in [-0.1, -0.05) is 19.6 Å². The predicted molar refractivity (Wildman–Crippen MR) is 179 cm³/mol. The third-order valence-electron chi connectivity index (χ3n) is 9.42. The number of nitriles is 1. The standard InChI is InChI=1S/C33H42F3N9O2Si/c1-48(2,3)16-15-47-22-44-14-7-25-29(38-21-39-30(25)44)26-19-45(32(10-11-37)8-4-9-32)42-31(26)43-12-5-24(6-13-43)40-28-18-23(20-46)17-27(41-28)33(34,35)36/h7,14,17-19,21,24,46H,4-6,8-10,12-13,15-16,20,22H2,1-3H3,(H,40,41). The summed E-state index contributed by atoms with van der Waals surface area (Å²) in [6.45, 7) is 8.74. The maximum absolute atomic E-state index is 13.4. The van der Waals surface area contributed by atoms with Crippen LogP contribution in [0, 0.1) is 11.3 Å². The normalized spacial score (nSPS) is 17.0. The van der Waals surface area contributed by atoms with Crippen LogP contribution in [0.5, 0.6) is 0 Å². The van der Waals surface area contributed by atoms with E-state index >= 15 is 0 Å². The van der Waals surface area contributed by atoms with E-state index < -0.39 is 26.6 Å². The van der Waals surface area contributed by atoms with Gasteiger partial charge in [-0.15, -0.1) is 0 Å². The molecule has 0 spiro atoms. The molecule has 1 saturated heterocycles. The molecule has 6 rings (SSSR count). The van der Waals surface area contributed by atoms with E-state index in [1.807, 2.05) is 27.7 Å². The summed E-state index contributed by atoms with van der Waals surface area (Å²) < 4.78 is 50.3. The van der Waals surface area contributed by atoms with Gasteiger partial charge >= 0.3 is 6.18 Å². The largest absolute Gasteiger partial charge is 0.433 e. The molecule has 5 heterocycles. The third-order valence-corrected chi connectivity index (χ3v) is 11.1. The van der Waals surface area contributed by atoms with Crippen molar-refractivity contribution in [3.63, 3.8) is 0 Å². The average molecular weight is 682 g/mol. The molecule has 2 fully saturated rings. The first-order chi connectivity index (χ1) is 22.9. The van der Waals surface area contributed by atoms with E-state index in [0.717, 1.165) is 59.5 Å². The smallest absolute Gasteiger partial charge is 0.392 e. The molecule has 0 aromatic carbocycles. The quantitative estimate of drug-likeness (QED) is 0.129. The van der Waals surface area contributed by atoms with Crippen molar-refractivity contribution in [2.24, 2.45) is 0 Å². The molecule has 0 bridgehead atoms. The SMILES string of the molecule is C[Si](C)(C)CCOCn1ccc2c(-c3cn(C4(CC#N)CCC4)nc3N3CCC(Nc4cc(CO)cc(C(F)(F)F)n4)CC3)ncnc21. The lowest BCUT2D eigenvalue weighted by Crippen LogP contribution is -2.42. The van der Waals surface area contributed by atoms with Gasteiger partial charge in [0.25, 0.3) is 0 Å². The molecule has 0 unspecified atom stereocenters. The van der Waals surface area contributed by atoms with E-state index in [-0.39, 0.29) is 23.0 Å². The summed E-state index contributed by atoms with van der Waals surface area (Å²) >= 11 is 0. The lowest BCUT2D eigenvalue weighted by Gasteiger charge is -2.40. The zero-order valence-electron chi connectivity index (χ0n) is 27.6. The number of aliphatic hydroxyl groups excluding tert-OH is 1. The van der Waals surface area contributed by atoms with Crippen LogP contribution in [0.1, 0.15) is 49.8 Å². The fourth-order valence-electron chi connectivity index (χ4n) is 6.43. The first kappa shape index (κ1) is 33.9. The first-order valence-corrected chi connectivity index (χ1v) is 20.2. The van der Waals surface area contributed by atoms with Gasteiger partial charge in [0.1, 0.15) is 30.2 Å². The number of aromatic nitrogens is 6. The van der Waals surface area contributed by atoms with Crippen LogP contribution < -0.4 is 10.2 Å². The minimum Gasteiger partial charge on any atom is -0.392 e. The minimum absolute atomic E-state index is 0.0954. The van der Waals surface area contributed by atoms with Crippen LogP contribution in [-0.2, 0) is 29.8 Å². The van der Waals surface area contributed by atoms with Crippen molar-refractivity contribution in [2.45, 2.75) is 95.3 Å². The second-order valence-electron chi connectivity index (χ2n) is 14.1. The molecule has 2 N–H and O–H groups in total. The molecule has 1 aliphatic carbocycles. The zero-order valence-corrected chi connectivity index (χ0v) is 28.6. The monoisotopic (exact) mass is 681 g/mol. The number of aliphatic hydroxyl groups is 1. The molecule has 15 heteroatoms. The van der Waals surface area contributed by atoms with Gasteiger partial charge in [0.2, 0.25) is 0 Å². The zero-order chi connectivity index (χ0) is 34.1. The Bertz CT molecular complexity index is 1780. The van der Waals surface area contributed by atoms with Crippen molar-refractivity contribution in [3.05, 3.63) is 48.2 Å². The fraction of sp³-hybridized carbons (Fsp3) is 0.545. The van der Waals surface area contributed by atoms with Gasteiger partial charge in [-0.25, -0.2) is 15.0 Å². The number of halogens is 3. The minimum atomic E-state index is -4.61. The Morgan fingerprint density at radius 1 is 1.17 bits per heavy atom. The van der Waals surface area contributed by atoms with Crippen molar-refractivity contribution in [1.29, 1.82) is 5.26 Å². The number of rotatable bonds is 12. The molecule has 4 aromatic rings. The number of anilines is 2. The highest BCUT2D eigenvalue weighted by atomic mass is 28.3. The van der Waals surface area contributed by atoms with Crippen molar-refractivity contribution < 1.29 is 23.0 Å². The Morgan fingerprint density at radius 2 is 1.94 bits per heavy atom. The number of piperidine rings is 1. The van der Waals surface area contributed by atoms with E-state index in [0.29, 0.717) is 45.7 Å². The average Bonchev–Trinajstić information content (AvgIpc) is 3.65. The van der Waals surface area contributed by atoms with Crippen LogP contribution in [0.3, 0.4) is 0 Å². The first-order valence-electron chi connectivity index (χ1n) is 16.4. The molecule has 48 heavy (non-hydrogen) atoms. The van der Waals surface area contributed by atoms with Crippen LogP contribution in [0.25, 0.3) is 22.3 Å². The van der Waals surface area contributed by atoms with Gasteiger partial charge < -0.3 is 24.6 Å². The third kappa shape index (κ3) is 7.20. The van der Waals surface area contributed by atoms with Gasteiger partial charge in [-0.3, -0.25) is 4.68 Å². The summed E-state index contributed by atoms with van der Waals surface area (Å²) in [7, 11) is -1.22. The van der Waals surface area contributed by atoms with Crippen LogP contribution in [0.4, 0.5) is 24.8 Å². The summed E-state index contributed by atoms with van der Waals surface area (Å²) in [5.74, 6) is 0.856. The van der Waals surface area contributed by atoms with Gasteiger partial charge in [0, 0.05) is 51.6 Å². The number of fused-ring (bicyclic) bond motifs is 1. The van der Waals surface area contributed by atoms with Gasteiger partial charge in [0.05, 0.1) is 35.9 Å². The Kier molecular flexibility index (Phi) is 9.52. The topological polar surface area (TPSA) is 130 Å². The number of hydrogen-bond donors (Lipinski definition) is 2. The summed E-state index contributed by atoms with van der Waals surface area (Å²) in [6, 6.07) is 7.64. The van der Waals surface area contributed by atoms with Gasteiger partial charge in [-0.05, 0) is 61.9 Å². The van der Waals surface area contributed by atoms with Crippen molar-refractivity contribution >= 4 is 30.7 Å². The fourth-order valence-corrected chi connectivity index (χ4v) is 7.19. The summed E-state index contributed by atoms with van der Waals surface area (Å²) in [5.41, 5.74) is 1.12. The van der Waals surface area contributed by atoms with Crippen LogP contribution in [0.15, 0.2) is 36.9 Å². The molecule has 256 valence electrons. The summed E-state index contributed by atoms with van der Waals surface area (Å²) in [4.78, 5) is 15.3. The lowest BCUT2D eigenvalue weighted by molar-refractivity contribution is -0.141. The molecule has 2 aliphatic rings. The molecular weight excluding hydrogens is 640 g/mol. The van der Waals surface area contributed by atoms with Crippen LogP contribution >= 0.6 is 0 Å². The Balaban J connectivity index is 1.26. The van der Waals surface area contributed by atoms with Crippen molar-refractivity contribution in [3.8, 4) is 17.3 Å². The predicted octanol–water partition coefficient (Wildman–Crippen LogP) is 6.39. The second-order valence-corrected chi connectivity index (χ2v) is 19.7. The van der Waals surface area contributed by atoms with E-state index in [1.54, 1.807) is 6.33 Å². The number of pyridine rings is 1. The number of nitrogens with zero attached hydrogens (tertiary/aromatic N) is 8. The number of nitrogens with one attached hydrogen (secondary N) is 1. The van der Waals surface area contributed by atoms with Crippen LogP contribution in [-0.4, -0.2) is 68.2 Å². The number of hydrogen-bond acceptors (Lipinski definition) is 9. The number of ether oxygens (including phenoxy) is 1. The Morgan fingerprint density at radius 3 is 2.58 bits per heavy atom. The van der Waals surface area contributed by atoms with E-state index in [2.05, 4.69) is 45.9 Å². The van der Waals surface area contributed by atoms with E-state index in [4.69, 9.17) is 14.8 Å². The van der Waals surface area contributed by atoms with Gasteiger partial charge in [-0.2, -0.15) is 23.5 Å². The Labute approximate surface area is 278 Å². The Hall–Kier alpha value is -4.00. The maximum Gasteiger partial charge on any atom is 0.433 e. The number of alkyl halides is 3. The molecule has 1 aliphatic heterocycles. The summed E-state index contributed by atoms with van der Waals surface area (Å²) in [6.07, 6.45) is 5.33. The molecule has 11 nitrogen and oxygen atoms in total. The second kappa shape index (κ2) is 13.5.